The van der Waals surface area contributed by atoms with Crippen molar-refractivity contribution >= 4 is 33.4 Å². The van der Waals surface area contributed by atoms with E-state index in [0.29, 0.717) is 36.5 Å². The second-order valence-corrected chi connectivity index (χ2v) is 9.65. The van der Waals surface area contributed by atoms with Crippen LogP contribution in [0.4, 0.5) is 5.69 Å². The number of rotatable bonds is 11. The molecule has 11 heteroatoms. The van der Waals surface area contributed by atoms with E-state index in [0.717, 1.165) is 18.7 Å². The molecule has 1 aliphatic carbocycles. The molecule has 2 aromatic rings. The molecule has 0 saturated heterocycles. The van der Waals surface area contributed by atoms with E-state index in [4.69, 9.17) is 4.74 Å². The van der Waals surface area contributed by atoms with E-state index >= 15 is 0 Å². The Morgan fingerprint density at radius 3 is 2.67 bits per heavy atom. The number of amides is 1. The fraction of sp³-hybridized carbons (Fsp3) is 0.526. The van der Waals surface area contributed by atoms with Crippen molar-refractivity contribution in [2.24, 2.45) is 0 Å². The lowest BCUT2D eigenvalue weighted by Gasteiger charge is -2.21. The molecule has 1 aromatic carbocycles. The van der Waals surface area contributed by atoms with Crippen molar-refractivity contribution in [3.8, 4) is 5.75 Å². The summed E-state index contributed by atoms with van der Waals surface area (Å²) >= 11 is 1.23. The quantitative estimate of drug-likeness (QED) is 0.502. The van der Waals surface area contributed by atoms with Crippen molar-refractivity contribution in [1.82, 2.24) is 19.5 Å². The number of hydrogen-bond donors (Lipinski definition) is 2. The molecule has 1 amide bonds. The van der Waals surface area contributed by atoms with Crippen molar-refractivity contribution in [3.05, 3.63) is 24.0 Å². The first kappa shape index (κ1) is 22.6. The van der Waals surface area contributed by atoms with Crippen LogP contribution in [0.3, 0.4) is 0 Å². The van der Waals surface area contributed by atoms with E-state index in [9.17, 15) is 13.2 Å². The van der Waals surface area contributed by atoms with Crippen LogP contribution in [0.2, 0.25) is 0 Å². The van der Waals surface area contributed by atoms with Gasteiger partial charge in [-0.3, -0.25) is 9.89 Å². The number of aromatic nitrogens is 3. The van der Waals surface area contributed by atoms with Gasteiger partial charge in [-0.2, -0.15) is 4.31 Å². The first-order valence-electron chi connectivity index (χ1n) is 10.0. The van der Waals surface area contributed by atoms with E-state index in [1.807, 2.05) is 0 Å². The monoisotopic (exact) mass is 453 g/mol. The lowest BCUT2D eigenvalue weighted by atomic mass is 10.3. The summed E-state index contributed by atoms with van der Waals surface area (Å²) in [5.74, 6) is 1.46. The van der Waals surface area contributed by atoms with Gasteiger partial charge in [0.05, 0.1) is 12.4 Å². The molecular formula is C19H27N5O4S2. The summed E-state index contributed by atoms with van der Waals surface area (Å²) in [6.07, 6.45) is 2.24. The zero-order valence-electron chi connectivity index (χ0n) is 17.3. The summed E-state index contributed by atoms with van der Waals surface area (Å²) in [6.45, 7) is 6.37. The molecule has 0 unspecified atom stereocenters. The van der Waals surface area contributed by atoms with Gasteiger partial charge in [0, 0.05) is 24.7 Å². The minimum Gasteiger partial charge on any atom is -0.492 e. The number of nitrogens with zero attached hydrogens (tertiary/aromatic N) is 3. The van der Waals surface area contributed by atoms with Crippen molar-refractivity contribution < 1.29 is 17.9 Å². The first-order chi connectivity index (χ1) is 14.4. The van der Waals surface area contributed by atoms with E-state index in [1.54, 1.807) is 32.9 Å². The molecule has 0 atom stereocenters. The largest absolute Gasteiger partial charge is 0.492 e. The molecule has 3 rings (SSSR count). The Morgan fingerprint density at radius 2 is 2.03 bits per heavy atom. The molecule has 1 fully saturated rings. The van der Waals surface area contributed by atoms with E-state index < -0.39 is 10.0 Å². The number of H-pyrrole nitrogens is 1. The van der Waals surface area contributed by atoms with Gasteiger partial charge in [-0.15, -0.1) is 5.10 Å². The van der Waals surface area contributed by atoms with Crippen LogP contribution in [-0.4, -0.2) is 59.3 Å². The second kappa shape index (κ2) is 9.80. The van der Waals surface area contributed by atoms with Crippen molar-refractivity contribution in [1.29, 1.82) is 0 Å². The Labute approximate surface area is 181 Å². The molecule has 0 radical (unpaired) electrons. The lowest BCUT2D eigenvalue weighted by molar-refractivity contribution is -0.113. The standard InChI is InChI=1S/C19H27N5O4S2/c1-4-24(5-2)30(26,27)16-11-14(9-10-15(16)28-6-3)20-17(25)12-29-19-21-18(22-23-19)13-7-8-13/h9-11,13H,4-8,12H2,1-3H3,(H,20,25)(H,21,22,23). The SMILES string of the molecule is CCOc1ccc(NC(=O)CSc2n[nH]c(C3CC3)n2)cc1S(=O)(=O)N(CC)CC. The summed E-state index contributed by atoms with van der Waals surface area (Å²) in [6, 6.07) is 4.64. The number of anilines is 1. The highest BCUT2D eigenvalue weighted by atomic mass is 32.2. The second-order valence-electron chi connectivity index (χ2n) is 6.80. The third kappa shape index (κ3) is 5.32. The predicted molar refractivity (Wildman–Crippen MR) is 115 cm³/mol. The van der Waals surface area contributed by atoms with Gasteiger partial charge in [0.25, 0.3) is 0 Å². The normalized spacial score (nSPS) is 14.1. The molecule has 164 valence electrons. The highest BCUT2D eigenvalue weighted by Gasteiger charge is 2.28. The minimum atomic E-state index is -3.74. The van der Waals surface area contributed by atoms with Crippen LogP contribution >= 0.6 is 11.8 Å². The van der Waals surface area contributed by atoms with Crippen molar-refractivity contribution in [2.45, 2.75) is 49.6 Å². The maximum atomic E-state index is 13.0. The molecule has 0 aliphatic heterocycles. The molecule has 0 bridgehead atoms. The number of aromatic amines is 1. The predicted octanol–water partition coefficient (Wildman–Crippen LogP) is 2.84. The zero-order chi connectivity index (χ0) is 21.7. The summed E-state index contributed by atoms with van der Waals surface area (Å²) in [5.41, 5.74) is 0.392. The maximum Gasteiger partial charge on any atom is 0.246 e. The Kier molecular flexibility index (Phi) is 7.37. The molecule has 30 heavy (non-hydrogen) atoms. The number of benzene rings is 1. The molecule has 0 spiro atoms. The summed E-state index contributed by atoms with van der Waals surface area (Å²) in [5, 5.41) is 10.3. The summed E-state index contributed by atoms with van der Waals surface area (Å²) < 4.78 is 32.9. The first-order valence-corrected chi connectivity index (χ1v) is 12.4. The highest BCUT2D eigenvalue weighted by molar-refractivity contribution is 7.99. The van der Waals surface area contributed by atoms with Gasteiger partial charge >= 0.3 is 0 Å². The summed E-state index contributed by atoms with van der Waals surface area (Å²) in [4.78, 5) is 16.8. The Hall–Kier alpha value is -2.11. The average molecular weight is 454 g/mol. The Bertz CT molecular complexity index is 985. The van der Waals surface area contributed by atoms with Gasteiger partial charge in [-0.25, -0.2) is 13.4 Å². The molecule has 1 saturated carbocycles. The number of thioether (sulfide) groups is 1. The van der Waals surface area contributed by atoms with E-state index in [2.05, 4.69) is 20.5 Å². The topological polar surface area (TPSA) is 117 Å². The van der Waals surface area contributed by atoms with Crippen molar-refractivity contribution in [3.63, 3.8) is 0 Å². The van der Waals surface area contributed by atoms with Crippen LogP contribution < -0.4 is 10.1 Å². The fourth-order valence-electron chi connectivity index (χ4n) is 2.95. The molecule has 1 aromatic heterocycles. The molecule has 1 aliphatic rings. The van der Waals surface area contributed by atoms with Crippen LogP contribution in [0.25, 0.3) is 0 Å². The molecule has 2 N–H and O–H groups in total. The van der Waals surface area contributed by atoms with Gasteiger partial charge < -0.3 is 10.1 Å². The van der Waals surface area contributed by atoms with Crippen LogP contribution in [0.15, 0.2) is 28.3 Å². The minimum absolute atomic E-state index is 0.0431. The Morgan fingerprint density at radius 1 is 1.30 bits per heavy atom. The smallest absolute Gasteiger partial charge is 0.246 e. The van der Waals surface area contributed by atoms with Crippen LogP contribution in [0, 0.1) is 0 Å². The molecule has 9 nitrogen and oxygen atoms in total. The number of nitrogens with one attached hydrogen (secondary N) is 2. The number of hydrogen-bond acceptors (Lipinski definition) is 7. The summed E-state index contributed by atoms with van der Waals surface area (Å²) in [7, 11) is -3.74. The number of carbonyl (C=O) groups is 1. The third-order valence-corrected chi connectivity index (χ3v) is 7.55. The van der Waals surface area contributed by atoms with Crippen LogP contribution in [0.5, 0.6) is 5.75 Å². The Balaban J connectivity index is 1.70. The van der Waals surface area contributed by atoms with Gasteiger partial charge in [-0.05, 0) is 38.0 Å². The average Bonchev–Trinajstić information content (AvgIpc) is 3.46. The number of sulfonamides is 1. The lowest BCUT2D eigenvalue weighted by Crippen LogP contribution is -2.31. The zero-order valence-corrected chi connectivity index (χ0v) is 19.0. The fourth-order valence-corrected chi connectivity index (χ4v) is 5.17. The highest BCUT2D eigenvalue weighted by Crippen LogP contribution is 2.38. The van der Waals surface area contributed by atoms with Crippen molar-refractivity contribution in [2.75, 3.05) is 30.8 Å². The van der Waals surface area contributed by atoms with Gasteiger partial charge in [0.1, 0.15) is 16.5 Å². The van der Waals surface area contributed by atoms with E-state index in [-0.39, 0.29) is 22.3 Å². The van der Waals surface area contributed by atoms with Crippen LogP contribution in [-0.2, 0) is 14.8 Å². The van der Waals surface area contributed by atoms with Gasteiger partial charge in [0.15, 0.2) is 0 Å². The van der Waals surface area contributed by atoms with Gasteiger partial charge in [0.2, 0.25) is 21.1 Å². The molecular weight excluding hydrogens is 426 g/mol. The van der Waals surface area contributed by atoms with E-state index in [1.165, 1.54) is 22.1 Å². The molecule has 1 heterocycles. The number of ether oxygens (including phenoxy) is 1. The maximum absolute atomic E-state index is 13.0. The van der Waals surface area contributed by atoms with Gasteiger partial charge in [-0.1, -0.05) is 25.6 Å². The third-order valence-electron chi connectivity index (χ3n) is 4.63. The van der Waals surface area contributed by atoms with Crippen LogP contribution in [0.1, 0.15) is 45.4 Å². The number of carbonyl (C=O) groups excluding carboxylic acids is 1.